The summed E-state index contributed by atoms with van der Waals surface area (Å²) in [6.07, 6.45) is 13.3. The first-order valence-electron chi connectivity index (χ1n) is 10.2. The van der Waals surface area contributed by atoms with Crippen molar-refractivity contribution in [3.63, 3.8) is 0 Å². The predicted octanol–water partition coefficient (Wildman–Crippen LogP) is 4.12. The highest BCUT2D eigenvalue weighted by Gasteiger charge is 2.68. The van der Waals surface area contributed by atoms with Crippen molar-refractivity contribution in [2.75, 3.05) is 0 Å². The second-order valence-corrected chi connectivity index (χ2v) is 9.76. The van der Waals surface area contributed by atoms with Crippen LogP contribution in [-0.2, 0) is 5.41 Å². The fourth-order valence-corrected chi connectivity index (χ4v) is 7.86. The highest BCUT2D eigenvalue weighted by atomic mass is 15.0. The Labute approximate surface area is 146 Å². The lowest BCUT2D eigenvalue weighted by molar-refractivity contribution is -0.137. The van der Waals surface area contributed by atoms with Crippen LogP contribution >= 0.6 is 0 Å². The maximum atomic E-state index is 7.05. The Hall–Kier alpha value is -0.860. The van der Waals surface area contributed by atoms with E-state index in [2.05, 4.69) is 30.3 Å². The number of hydrogen-bond donors (Lipinski definition) is 2. The molecule has 24 heavy (non-hydrogen) atoms. The molecule has 2 heteroatoms. The summed E-state index contributed by atoms with van der Waals surface area (Å²) in [6.45, 7) is 0. The summed E-state index contributed by atoms with van der Waals surface area (Å²) in [5.74, 6) is 1.61. The van der Waals surface area contributed by atoms with E-state index in [9.17, 15) is 0 Å². The SMILES string of the molecule is NC1C2(N)CC3CC(c4ccccc4)(C2)CC1(C1CCCCC1)C3. The lowest BCUT2D eigenvalue weighted by Gasteiger charge is -2.71. The van der Waals surface area contributed by atoms with Gasteiger partial charge < -0.3 is 11.5 Å². The topological polar surface area (TPSA) is 52.0 Å². The first kappa shape index (κ1) is 15.4. The van der Waals surface area contributed by atoms with Crippen LogP contribution in [-0.4, -0.2) is 11.6 Å². The molecule has 0 amide bonds. The average molecular weight is 325 g/mol. The minimum atomic E-state index is -0.132. The highest BCUT2D eigenvalue weighted by molar-refractivity contribution is 5.35. The zero-order valence-electron chi connectivity index (χ0n) is 14.8. The summed E-state index contributed by atoms with van der Waals surface area (Å²) < 4.78 is 0. The van der Waals surface area contributed by atoms with Gasteiger partial charge in [-0.3, -0.25) is 0 Å². The Morgan fingerprint density at radius 2 is 1.62 bits per heavy atom. The van der Waals surface area contributed by atoms with E-state index in [1.807, 2.05) is 0 Å². The van der Waals surface area contributed by atoms with E-state index >= 15 is 0 Å². The van der Waals surface area contributed by atoms with Crippen LogP contribution in [0, 0.1) is 17.3 Å². The van der Waals surface area contributed by atoms with E-state index < -0.39 is 0 Å². The maximum absolute atomic E-state index is 7.05. The third-order valence-electron chi connectivity index (χ3n) is 8.40. The molecule has 0 spiro atoms. The minimum Gasteiger partial charge on any atom is -0.326 e. The fourth-order valence-electron chi connectivity index (χ4n) is 7.86. The molecule has 0 aromatic heterocycles. The van der Waals surface area contributed by atoms with Gasteiger partial charge in [-0.15, -0.1) is 0 Å². The lowest BCUT2D eigenvalue weighted by Crippen LogP contribution is -2.77. The molecule has 5 aliphatic rings. The van der Waals surface area contributed by atoms with Gasteiger partial charge in [0.05, 0.1) is 0 Å². The van der Waals surface area contributed by atoms with Gasteiger partial charge in [-0.1, -0.05) is 49.6 Å². The van der Waals surface area contributed by atoms with Crippen molar-refractivity contribution in [2.24, 2.45) is 28.7 Å². The predicted molar refractivity (Wildman–Crippen MR) is 98.6 cm³/mol. The Kier molecular flexibility index (Phi) is 3.26. The van der Waals surface area contributed by atoms with Crippen molar-refractivity contribution in [2.45, 2.75) is 81.2 Å². The molecule has 1 aromatic rings. The quantitative estimate of drug-likeness (QED) is 0.859. The summed E-state index contributed by atoms with van der Waals surface area (Å²) >= 11 is 0. The summed E-state index contributed by atoms with van der Waals surface area (Å²) in [6, 6.07) is 11.5. The van der Waals surface area contributed by atoms with E-state index in [4.69, 9.17) is 11.5 Å². The zero-order valence-corrected chi connectivity index (χ0v) is 14.8. The van der Waals surface area contributed by atoms with E-state index in [-0.39, 0.29) is 11.6 Å². The molecule has 0 radical (unpaired) electrons. The second-order valence-electron chi connectivity index (χ2n) is 9.76. The van der Waals surface area contributed by atoms with Crippen LogP contribution in [0.3, 0.4) is 0 Å². The highest BCUT2D eigenvalue weighted by Crippen LogP contribution is 2.69. The van der Waals surface area contributed by atoms with Crippen molar-refractivity contribution in [1.82, 2.24) is 0 Å². The van der Waals surface area contributed by atoms with E-state index in [0.717, 1.165) is 24.7 Å². The van der Waals surface area contributed by atoms with Crippen LogP contribution in [0.15, 0.2) is 30.3 Å². The molecule has 130 valence electrons. The molecule has 5 saturated carbocycles. The number of hydrogen-bond acceptors (Lipinski definition) is 2. The first-order valence-corrected chi connectivity index (χ1v) is 10.2. The van der Waals surface area contributed by atoms with Gasteiger partial charge in [0.25, 0.3) is 0 Å². The molecule has 5 atom stereocenters. The smallest absolute Gasteiger partial charge is 0.0324 e. The van der Waals surface area contributed by atoms with Crippen LogP contribution in [0.4, 0.5) is 0 Å². The van der Waals surface area contributed by atoms with Gasteiger partial charge in [-0.05, 0) is 73.2 Å². The van der Waals surface area contributed by atoms with Crippen molar-refractivity contribution >= 4 is 0 Å². The monoisotopic (exact) mass is 324 g/mol. The van der Waals surface area contributed by atoms with Crippen LogP contribution in [0.1, 0.15) is 69.8 Å². The molecule has 6 rings (SSSR count). The van der Waals surface area contributed by atoms with Crippen molar-refractivity contribution in [3.8, 4) is 0 Å². The average Bonchev–Trinajstić information content (AvgIpc) is 2.60. The van der Waals surface area contributed by atoms with Gasteiger partial charge in [0.2, 0.25) is 0 Å². The van der Waals surface area contributed by atoms with Gasteiger partial charge in [0.15, 0.2) is 0 Å². The van der Waals surface area contributed by atoms with Gasteiger partial charge in [0, 0.05) is 11.6 Å². The minimum absolute atomic E-state index is 0.132. The Morgan fingerprint density at radius 1 is 0.875 bits per heavy atom. The maximum Gasteiger partial charge on any atom is 0.0324 e. The second kappa shape index (κ2) is 5.08. The van der Waals surface area contributed by atoms with E-state index in [1.54, 1.807) is 0 Å². The molecule has 2 nitrogen and oxygen atoms in total. The standard InChI is InChI=1S/C22H32N2/c23-19-21(18-9-5-2-6-10-18)12-16-11-20(14-21,15-22(19,24)13-16)17-7-3-1-4-8-17/h1,3-4,7-8,16,18-19H,2,5-6,9-15,23-24H2. The van der Waals surface area contributed by atoms with Crippen LogP contribution in [0.5, 0.6) is 0 Å². The summed E-state index contributed by atoms with van der Waals surface area (Å²) in [7, 11) is 0. The molecule has 5 aliphatic carbocycles. The first-order chi connectivity index (χ1) is 11.6. The molecular weight excluding hydrogens is 292 g/mol. The van der Waals surface area contributed by atoms with Gasteiger partial charge in [-0.25, -0.2) is 0 Å². The van der Waals surface area contributed by atoms with Crippen molar-refractivity contribution < 1.29 is 0 Å². The summed E-state index contributed by atoms with van der Waals surface area (Å²) in [5, 5.41) is 0. The Morgan fingerprint density at radius 3 is 2.38 bits per heavy atom. The number of benzene rings is 1. The molecule has 4 bridgehead atoms. The molecule has 5 fully saturated rings. The molecule has 0 saturated heterocycles. The van der Waals surface area contributed by atoms with Gasteiger partial charge in [0.1, 0.15) is 0 Å². The Balaban J connectivity index is 1.61. The summed E-state index contributed by atoms with van der Waals surface area (Å²) in [5.41, 5.74) is 16.0. The summed E-state index contributed by atoms with van der Waals surface area (Å²) in [4.78, 5) is 0. The fraction of sp³-hybridized carbons (Fsp3) is 0.727. The third kappa shape index (κ3) is 1.96. The van der Waals surface area contributed by atoms with Crippen LogP contribution in [0.2, 0.25) is 0 Å². The van der Waals surface area contributed by atoms with Crippen LogP contribution < -0.4 is 11.5 Å². The molecule has 4 N–H and O–H groups in total. The van der Waals surface area contributed by atoms with E-state index in [1.165, 1.54) is 56.9 Å². The molecule has 1 aromatic carbocycles. The normalized spacial score (nSPS) is 47.9. The molecule has 0 heterocycles. The molecular formula is C22H32N2. The third-order valence-corrected chi connectivity index (χ3v) is 8.40. The zero-order chi connectivity index (χ0) is 16.4. The van der Waals surface area contributed by atoms with Crippen molar-refractivity contribution in [1.29, 1.82) is 0 Å². The lowest BCUT2D eigenvalue weighted by atomic mass is 9.36. The van der Waals surface area contributed by atoms with E-state index in [0.29, 0.717) is 10.8 Å². The number of rotatable bonds is 2. The van der Waals surface area contributed by atoms with Gasteiger partial charge >= 0.3 is 0 Å². The molecule has 0 aliphatic heterocycles. The van der Waals surface area contributed by atoms with Crippen LogP contribution in [0.25, 0.3) is 0 Å². The van der Waals surface area contributed by atoms with Crippen molar-refractivity contribution in [3.05, 3.63) is 35.9 Å². The largest absolute Gasteiger partial charge is 0.326 e. The van der Waals surface area contributed by atoms with Gasteiger partial charge in [-0.2, -0.15) is 0 Å². The molecule has 5 unspecified atom stereocenters. The Bertz CT molecular complexity index is 622. The number of nitrogens with two attached hydrogens (primary N) is 2.